The van der Waals surface area contributed by atoms with Crippen molar-refractivity contribution in [3.8, 4) is 0 Å². The fraction of sp³-hybridized carbons (Fsp3) is 0.700. The van der Waals surface area contributed by atoms with E-state index in [1.54, 1.807) is 11.3 Å². The zero-order chi connectivity index (χ0) is 10.5. The molecule has 5 heteroatoms. The second kappa shape index (κ2) is 5.68. The molecular formula is C10H16ClN3S. The van der Waals surface area contributed by atoms with Crippen molar-refractivity contribution in [1.29, 1.82) is 0 Å². The van der Waals surface area contributed by atoms with Crippen LogP contribution in [0.25, 0.3) is 0 Å². The number of nitrogens with zero attached hydrogens (tertiary/aromatic N) is 2. The summed E-state index contributed by atoms with van der Waals surface area (Å²) in [5.74, 6) is 0. The highest BCUT2D eigenvalue weighted by Crippen LogP contribution is 2.18. The van der Waals surface area contributed by atoms with E-state index >= 15 is 0 Å². The summed E-state index contributed by atoms with van der Waals surface area (Å²) in [6.07, 6.45) is 3.92. The molecule has 15 heavy (non-hydrogen) atoms. The SMILES string of the molecule is Clc1csc(NCCCN2CCCC2)n1. The highest BCUT2D eigenvalue weighted by Gasteiger charge is 2.10. The Kier molecular flexibility index (Phi) is 4.23. The van der Waals surface area contributed by atoms with Gasteiger partial charge in [0.1, 0.15) is 5.15 Å². The van der Waals surface area contributed by atoms with Gasteiger partial charge in [-0.05, 0) is 38.9 Å². The molecule has 0 radical (unpaired) electrons. The second-order valence-corrected chi connectivity index (χ2v) is 5.05. The summed E-state index contributed by atoms with van der Waals surface area (Å²) in [7, 11) is 0. The van der Waals surface area contributed by atoms with Crippen LogP contribution in [0, 0.1) is 0 Å². The van der Waals surface area contributed by atoms with Gasteiger partial charge in [-0.15, -0.1) is 11.3 Å². The summed E-state index contributed by atoms with van der Waals surface area (Å²) >= 11 is 7.29. The minimum atomic E-state index is 0.585. The molecule has 0 spiro atoms. The van der Waals surface area contributed by atoms with Crippen LogP contribution in [0.3, 0.4) is 0 Å². The van der Waals surface area contributed by atoms with E-state index in [-0.39, 0.29) is 0 Å². The van der Waals surface area contributed by atoms with Crippen molar-refractivity contribution >= 4 is 28.1 Å². The first-order valence-electron chi connectivity index (χ1n) is 5.42. The highest BCUT2D eigenvalue weighted by atomic mass is 35.5. The molecule has 2 heterocycles. The molecule has 84 valence electrons. The van der Waals surface area contributed by atoms with Gasteiger partial charge in [-0.3, -0.25) is 0 Å². The second-order valence-electron chi connectivity index (χ2n) is 3.80. The molecular weight excluding hydrogens is 230 g/mol. The molecule has 1 aliphatic rings. The molecule has 3 nitrogen and oxygen atoms in total. The van der Waals surface area contributed by atoms with Crippen molar-refractivity contribution < 1.29 is 0 Å². The van der Waals surface area contributed by atoms with E-state index in [1.165, 1.54) is 38.9 Å². The zero-order valence-electron chi connectivity index (χ0n) is 8.71. The summed E-state index contributed by atoms with van der Waals surface area (Å²) < 4.78 is 0. The molecule has 2 rings (SSSR count). The van der Waals surface area contributed by atoms with E-state index in [0.29, 0.717) is 5.15 Å². The Bertz CT molecular complexity index is 297. The summed E-state index contributed by atoms with van der Waals surface area (Å²) in [5, 5.41) is 6.65. The Balaban J connectivity index is 1.58. The minimum absolute atomic E-state index is 0.585. The third-order valence-corrected chi connectivity index (χ3v) is 3.73. The average molecular weight is 246 g/mol. The Morgan fingerprint density at radius 2 is 2.27 bits per heavy atom. The van der Waals surface area contributed by atoms with Gasteiger partial charge in [-0.1, -0.05) is 11.6 Å². The van der Waals surface area contributed by atoms with E-state index in [1.807, 2.05) is 5.38 Å². The lowest BCUT2D eigenvalue weighted by atomic mass is 10.4. The fourth-order valence-electron chi connectivity index (χ4n) is 1.84. The molecule has 0 aromatic carbocycles. The van der Waals surface area contributed by atoms with Crippen LogP contribution in [-0.4, -0.2) is 36.1 Å². The van der Waals surface area contributed by atoms with Gasteiger partial charge in [-0.25, -0.2) is 4.98 Å². The van der Waals surface area contributed by atoms with Gasteiger partial charge in [0.05, 0.1) is 0 Å². The fourth-order valence-corrected chi connectivity index (χ4v) is 2.71. The molecule has 1 aromatic rings. The van der Waals surface area contributed by atoms with Crippen LogP contribution in [0.5, 0.6) is 0 Å². The smallest absolute Gasteiger partial charge is 0.184 e. The highest BCUT2D eigenvalue weighted by molar-refractivity contribution is 7.14. The molecule has 0 bridgehead atoms. The number of thiazole rings is 1. The van der Waals surface area contributed by atoms with Crippen LogP contribution >= 0.6 is 22.9 Å². The van der Waals surface area contributed by atoms with Gasteiger partial charge in [-0.2, -0.15) is 0 Å². The summed E-state index contributed by atoms with van der Waals surface area (Å²) in [6.45, 7) is 4.75. The quantitative estimate of drug-likeness (QED) is 0.809. The first kappa shape index (κ1) is 11.2. The van der Waals surface area contributed by atoms with Crippen LogP contribution in [0.15, 0.2) is 5.38 Å². The van der Waals surface area contributed by atoms with Crippen molar-refractivity contribution in [3.05, 3.63) is 10.5 Å². The van der Waals surface area contributed by atoms with E-state index in [0.717, 1.165) is 11.7 Å². The molecule has 0 amide bonds. The summed E-state index contributed by atoms with van der Waals surface area (Å²) in [6, 6.07) is 0. The lowest BCUT2D eigenvalue weighted by Crippen LogP contribution is -2.22. The molecule has 1 aromatic heterocycles. The first-order valence-corrected chi connectivity index (χ1v) is 6.67. The maximum absolute atomic E-state index is 5.73. The number of likely N-dealkylation sites (tertiary alicyclic amines) is 1. The van der Waals surface area contributed by atoms with Gasteiger partial charge in [0.15, 0.2) is 5.13 Å². The van der Waals surface area contributed by atoms with Gasteiger partial charge in [0, 0.05) is 11.9 Å². The zero-order valence-corrected chi connectivity index (χ0v) is 10.3. The standard InChI is InChI=1S/C10H16ClN3S/c11-9-8-15-10(13-9)12-4-3-7-14-5-1-2-6-14/h8H,1-7H2,(H,12,13). The van der Waals surface area contributed by atoms with E-state index in [4.69, 9.17) is 11.6 Å². The number of anilines is 1. The van der Waals surface area contributed by atoms with Crippen LogP contribution in [0.1, 0.15) is 19.3 Å². The summed E-state index contributed by atoms with van der Waals surface area (Å²) in [4.78, 5) is 6.66. The Labute approximate surface area is 99.5 Å². The van der Waals surface area contributed by atoms with Gasteiger partial charge in [0.2, 0.25) is 0 Å². The normalized spacial score (nSPS) is 17.1. The number of hydrogen-bond donors (Lipinski definition) is 1. The van der Waals surface area contributed by atoms with Gasteiger partial charge in [0.25, 0.3) is 0 Å². The van der Waals surface area contributed by atoms with Gasteiger partial charge < -0.3 is 10.2 Å². The number of hydrogen-bond acceptors (Lipinski definition) is 4. The topological polar surface area (TPSA) is 28.2 Å². The molecule has 0 unspecified atom stereocenters. The minimum Gasteiger partial charge on any atom is -0.361 e. The third kappa shape index (κ3) is 3.63. The third-order valence-electron chi connectivity index (χ3n) is 2.60. The van der Waals surface area contributed by atoms with Crippen molar-refractivity contribution in [2.45, 2.75) is 19.3 Å². The Morgan fingerprint density at radius 1 is 1.47 bits per heavy atom. The maximum Gasteiger partial charge on any atom is 0.184 e. The van der Waals surface area contributed by atoms with E-state index in [2.05, 4.69) is 15.2 Å². The molecule has 0 aliphatic carbocycles. The molecule has 0 saturated carbocycles. The average Bonchev–Trinajstić information content (AvgIpc) is 2.84. The van der Waals surface area contributed by atoms with Crippen LogP contribution in [-0.2, 0) is 0 Å². The van der Waals surface area contributed by atoms with Crippen LogP contribution < -0.4 is 5.32 Å². The largest absolute Gasteiger partial charge is 0.361 e. The lowest BCUT2D eigenvalue weighted by Gasteiger charge is -2.13. The predicted molar refractivity (Wildman–Crippen MR) is 65.9 cm³/mol. The van der Waals surface area contributed by atoms with E-state index < -0.39 is 0 Å². The monoisotopic (exact) mass is 245 g/mol. The molecule has 1 saturated heterocycles. The lowest BCUT2D eigenvalue weighted by molar-refractivity contribution is 0.337. The number of aromatic nitrogens is 1. The maximum atomic E-state index is 5.73. The molecule has 1 aliphatic heterocycles. The van der Waals surface area contributed by atoms with Crippen molar-refractivity contribution in [3.63, 3.8) is 0 Å². The van der Waals surface area contributed by atoms with E-state index in [9.17, 15) is 0 Å². The van der Waals surface area contributed by atoms with Crippen molar-refractivity contribution in [2.75, 3.05) is 31.5 Å². The molecule has 0 atom stereocenters. The number of nitrogens with one attached hydrogen (secondary N) is 1. The number of rotatable bonds is 5. The first-order chi connectivity index (χ1) is 7.34. The summed E-state index contributed by atoms with van der Waals surface area (Å²) in [5.41, 5.74) is 0. The molecule has 1 fully saturated rings. The van der Waals surface area contributed by atoms with Crippen molar-refractivity contribution in [2.24, 2.45) is 0 Å². The molecule has 1 N–H and O–H groups in total. The Hall–Kier alpha value is -0.320. The predicted octanol–water partition coefficient (Wildman–Crippen LogP) is 2.69. The number of halogens is 1. The van der Waals surface area contributed by atoms with Gasteiger partial charge >= 0.3 is 0 Å². The Morgan fingerprint density at radius 3 is 2.93 bits per heavy atom. The van der Waals surface area contributed by atoms with Crippen LogP contribution in [0.2, 0.25) is 5.15 Å². The van der Waals surface area contributed by atoms with Crippen LogP contribution in [0.4, 0.5) is 5.13 Å². The van der Waals surface area contributed by atoms with Crippen molar-refractivity contribution in [1.82, 2.24) is 9.88 Å².